The highest BCUT2D eigenvalue weighted by Gasteiger charge is 2.09. The van der Waals surface area contributed by atoms with Gasteiger partial charge in [-0.25, -0.2) is 14.4 Å². The standard InChI is InChI=1S/C12H12BrFN2/c1-7(2)5-11-9-6-8(14)3-4-10(9)15-12(13)16-11/h3-4,6-7H,5H2,1-2H3. The summed E-state index contributed by atoms with van der Waals surface area (Å²) in [6, 6.07) is 4.60. The van der Waals surface area contributed by atoms with Gasteiger partial charge >= 0.3 is 0 Å². The van der Waals surface area contributed by atoms with Crippen LogP contribution in [0.4, 0.5) is 4.39 Å². The molecule has 0 amide bonds. The number of halogens is 2. The molecule has 0 bridgehead atoms. The number of benzene rings is 1. The number of aromatic nitrogens is 2. The molecule has 0 N–H and O–H groups in total. The average Bonchev–Trinajstić information content (AvgIpc) is 2.18. The van der Waals surface area contributed by atoms with Crippen LogP contribution in [0.5, 0.6) is 0 Å². The molecular weight excluding hydrogens is 271 g/mol. The minimum Gasteiger partial charge on any atom is -0.227 e. The molecule has 0 atom stereocenters. The van der Waals surface area contributed by atoms with Gasteiger partial charge in [-0.15, -0.1) is 0 Å². The Morgan fingerprint density at radius 1 is 1.31 bits per heavy atom. The zero-order valence-corrected chi connectivity index (χ0v) is 10.8. The zero-order chi connectivity index (χ0) is 11.7. The molecule has 0 saturated heterocycles. The third-order valence-electron chi connectivity index (χ3n) is 2.31. The molecular formula is C12H12BrFN2. The molecule has 1 aromatic heterocycles. The predicted molar refractivity (Wildman–Crippen MR) is 65.7 cm³/mol. The van der Waals surface area contributed by atoms with E-state index in [-0.39, 0.29) is 5.82 Å². The topological polar surface area (TPSA) is 25.8 Å². The quantitative estimate of drug-likeness (QED) is 0.785. The second kappa shape index (κ2) is 4.45. The SMILES string of the molecule is CC(C)Cc1nc(Br)nc2ccc(F)cc12. The Morgan fingerprint density at radius 2 is 2.06 bits per heavy atom. The van der Waals surface area contributed by atoms with Gasteiger partial charge < -0.3 is 0 Å². The van der Waals surface area contributed by atoms with Crippen LogP contribution in [0.2, 0.25) is 0 Å². The van der Waals surface area contributed by atoms with Crippen molar-refractivity contribution < 1.29 is 4.39 Å². The highest BCUT2D eigenvalue weighted by Crippen LogP contribution is 2.21. The van der Waals surface area contributed by atoms with Crippen LogP contribution in [-0.4, -0.2) is 9.97 Å². The maximum atomic E-state index is 13.2. The summed E-state index contributed by atoms with van der Waals surface area (Å²) in [4.78, 5) is 8.55. The summed E-state index contributed by atoms with van der Waals surface area (Å²) >= 11 is 3.28. The van der Waals surface area contributed by atoms with E-state index in [0.717, 1.165) is 23.0 Å². The van der Waals surface area contributed by atoms with E-state index >= 15 is 0 Å². The molecule has 0 aliphatic carbocycles. The highest BCUT2D eigenvalue weighted by atomic mass is 79.9. The summed E-state index contributed by atoms with van der Waals surface area (Å²) in [6.07, 6.45) is 0.821. The molecule has 84 valence electrons. The van der Waals surface area contributed by atoms with Crippen molar-refractivity contribution in [3.05, 3.63) is 34.4 Å². The number of nitrogens with zero attached hydrogens (tertiary/aromatic N) is 2. The Labute approximate surface area is 102 Å². The van der Waals surface area contributed by atoms with E-state index in [1.165, 1.54) is 12.1 Å². The van der Waals surface area contributed by atoms with Crippen LogP contribution in [0, 0.1) is 11.7 Å². The molecule has 0 aliphatic heterocycles. The molecule has 2 rings (SSSR count). The van der Waals surface area contributed by atoms with Gasteiger partial charge in [0.2, 0.25) is 0 Å². The van der Waals surface area contributed by atoms with Gasteiger partial charge in [-0.2, -0.15) is 0 Å². The lowest BCUT2D eigenvalue weighted by Crippen LogP contribution is -2.01. The third kappa shape index (κ3) is 2.38. The van der Waals surface area contributed by atoms with Crippen LogP contribution in [0.15, 0.2) is 22.9 Å². The summed E-state index contributed by atoms with van der Waals surface area (Å²) in [5.74, 6) is 0.233. The molecule has 2 nitrogen and oxygen atoms in total. The first-order valence-corrected chi connectivity index (χ1v) is 5.97. The molecule has 0 aliphatic rings. The van der Waals surface area contributed by atoms with Gasteiger partial charge in [0.05, 0.1) is 11.2 Å². The summed E-state index contributed by atoms with van der Waals surface area (Å²) in [5, 5.41) is 0.803. The Morgan fingerprint density at radius 3 is 2.75 bits per heavy atom. The van der Waals surface area contributed by atoms with E-state index in [1.807, 2.05) is 0 Å². The van der Waals surface area contributed by atoms with Crippen LogP contribution in [0.3, 0.4) is 0 Å². The van der Waals surface area contributed by atoms with E-state index < -0.39 is 0 Å². The number of fused-ring (bicyclic) bond motifs is 1. The van der Waals surface area contributed by atoms with Crippen LogP contribution in [-0.2, 0) is 6.42 Å². The fourth-order valence-electron chi connectivity index (χ4n) is 1.68. The second-order valence-corrected chi connectivity index (χ2v) is 4.91. The van der Waals surface area contributed by atoms with E-state index in [2.05, 4.69) is 39.7 Å². The zero-order valence-electron chi connectivity index (χ0n) is 9.17. The summed E-state index contributed by atoms with van der Waals surface area (Å²) < 4.78 is 13.7. The number of hydrogen-bond donors (Lipinski definition) is 0. The lowest BCUT2D eigenvalue weighted by molar-refractivity contribution is 0.625. The Hall–Kier alpha value is -1.03. The van der Waals surface area contributed by atoms with Gasteiger partial charge in [-0.3, -0.25) is 0 Å². The van der Waals surface area contributed by atoms with Crippen molar-refractivity contribution in [2.24, 2.45) is 5.92 Å². The van der Waals surface area contributed by atoms with Crippen molar-refractivity contribution in [3.63, 3.8) is 0 Å². The molecule has 0 saturated carbocycles. The van der Waals surface area contributed by atoms with Crippen molar-refractivity contribution in [2.75, 3.05) is 0 Å². The summed E-state index contributed by atoms with van der Waals surface area (Å²) in [6.45, 7) is 4.22. The fourth-order valence-corrected chi connectivity index (χ4v) is 2.08. The normalized spacial score (nSPS) is 11.3. The molecule has 1 heterocycles. The molecule has 0 fully saturated rings. The molecule has 0 radical (unpaired) electrons. The Kier molecular flexibility index (Phi) is 3.19. The van der Waals surface area contributed by atoms with Gasteiger partial charge in [-0.1, -0.05) is 13.8 Å². The number of hydrogen-bond acceptors (Lipinski definition) is 2. The molecule has 4 heteroatoms. The maximum Gasteiger partial charge on any atom is 0.197 e. The smallest absolute Gasteiger partial charge is 0.197 e. The minimum atomic E-state index is -0.247. The van der Waals surface area contributed by atoms with E-state index in [9.17, 15) is 4.39 Å². The average molecular weight is 283 g/mol. The van der Waals surface area contributed by atoms with Crippen molar-refractivity contribution in [1.82, 2.24) is 9.97 Å². The monoisotopic (exact) mass is 282 g/mol. The number of rotatable bonds is 2. The van der Waals surface area contributed by atoms with Crippen LogP contribution >= 0.6 is 15.9 Å². The van der Waals surface area contributed by atoms with Gasteiger partial charge in [0, 0.05) is 5.39 Å². The first-order valence-electron chi connectivity index (χ1n) is 5.18. The van der Waals surface area contributed by atoms with E-state index in [0.29, 0.717) is 10.7 Å². The van der Waals surface area contributed by atoms with Crippen molar-refractivity contribution in [2.45, 2.75) is 20.3 Å². The maximum absolute atomic E-state index is 13.2. The Balaban J connectivity index is 2.64. The van der Waals surface area contributed by atoms with Crippen LogP contribution < -0.4 is 0 Å². The van der Waals surface area contributed by atoms with Crippen molar-refractivity contribution in [3.8, 4) is 0 Å². The second-order valence-electron chi connectivity index (χ2n) is 4.20. The first kappa shape index (κ1) is 11.5. The predicted octanol–water partition coefficient (Wildman–Crippen LogP) is 3.73. The van der Waals surface area contributed by atoms with Gasteiger partial charge in [-0.05, 0) is 46.5 Å². The molecule has 2 aromatic rings. The largest absolute Gasteiger partial charge is 0.227 e. The third-order valence-corrected chi connectivity index (χ3v) is 2.67. The van der Waals surface area contributed by atoms with Crippen molar-refractivity contribution >= 4 is 26.8 Å². The lowest BCUT2D eigenvalue weighted by atomic mass is 10.0. The van der Waals surface area contributed by atoms with E-state index in [1.54, 1.807) is 6.07 Å². The first-order chi connectivity index (χ1) is 7.56. The summed E-state index contributed by atoms with van der Waals surface area (Å²) in [5.41, 5.74) is 1.67. The highest BCUT2D eigenvalue weighted by molar-refractivity contribution is 9.10. The molecule has 0 unspecified atom stereocenters. The van der Waals surface area contributed by atoms with Crippen LogP contribution in [0.1, 0.15) is 19.5 Å². The van der Waals surface area contributed by atoms with Gasteiger partial charge in [0.15, 0.2) is 4.73 Å². The summed E-state index contributed by atoms with van der Waals surface area (Å²) in [7, 11) is 0. The molecule has 16 heavy (non-hydrogen) atoms. The van der Waals surface area contributed by atoms with Crippen molar-refractivity contribution in [1.29, 1.82) is 0 Å². The van der Waals surface area contributed by atoms with E-state index in [4.69, 9.17) is 0 Å². The molecule has 0 spiro atoms. The Bertz CT molecular complexity index is 526. The van der Waals surface area contributed by atoms with Gasteiger partial charge in [0.1, 0.15) is 5.82 Å². The van der Waals surface area contributed by atoms with Gasteiger partial charge in [0.25, 0.3) is 0 Å². The van der Waals surface area contributed by atoms with Crippen LogP contribution in [0.25, 0.3) is 10.9 Å². The minimum absolute atomic E-state index is 0.247. The molecule has 1 aromatic carbocycles. The lowest BCUT2D eigenvalue weighted by Gasteiger charge is -2.08. The fraction of sp³-hybridized carbons (Fsp3) is 0.333.